The number of ether oxygens (including phenoxy) is 7. The fourth-order valence-electron chi connectivity index (χ4n) is 5.96. The Morgan fingerprint density at radius 1 is 0.695 bits per heavy atom. The zero-order chi connectivity index (χ0) is 43.1. The molecule has 4 aliphatic heterocycles. The summed E-state index contributed by atoms with van der Waals surface area (Å²) in [6.07, 6.45) is 4.49. The van der Waals surface area contributed by atoms with Gasteiger partial charge < -0.3 is 33.2 Å². The zero-order valence-corrected chi connectivity index (χ0v) is 37.0. The first-order chi connectivity index (χ1) is 24.9. The van der Waals surface area contributed by atoms with Crippen molar-refractivity contribution in [3.05, 3.63) is 0 Å². The lowest BCUT2D eigenvalue weighted by Crippen LogP contribution is -2.49. The maximum absolute atomic E-state index is 12.1. The fourth-order valence-corrected chi connectivity index (χ4v) is 5.96. The van der Waals surface area contributed by atoms with Crippen LogP contribution in [0.3, 0.4) is 0 Å². The van der Waals surface area contributed by atoms with Crippen LogP contribution in [0.25, 0.3) is 0 Å². The van der Waals surface area contributed by atoms with Crippen LogP contribution < -0.4 is 0 Å². The highest BCUT2D eigenvalue weighted by atomic mass is 16.6. The smallest absolute Gasteiger partial charge is 0.312 e. The average molecular weight is 849 g/mol. The van der Waals surface area contributed by atoms with E-state index in [0.717, 1.165) is 25.7 Å². The first kappa shape index (κ1) is 62.4. The van der Waals surface area contributed by atoms with Gasteiger partial charge in [0.2, 0.25) is 0 Å². The van der Waals surface area contributed by atoms with E-state index in [0.29, 0.717) is 19.4 Å². The first-order valence-electron chi connectivity index (χ1n) is 19.7. The molecule has 4 aliphatic rings. The third-order valence-electron chi connectivity index (χ3n) is 12.0. The lowest BCUT2D eigenvalue weighted by atomic mass is 9.81. The quantitative estimate of drug-likeness (QED) is 0.151. The molecule has 5 atom stereocenters. The third kappa shape index (κ3) is 16.0. The Morgan fingerprint density at radius 3 is 1.51 bits per heavy atom. The van der Waals surface area contributed by atoms with Crippen molar-refractivity contribution in [1.82, 2.24) is 0 Å². The van der Waals surface area contributed by atoms with Gasteiger partial charge in [0.05, 0.1) is 47.7 Å². The number of carbonyl (C=O) groups is 6. The summed E-state index contributed by atoms with van der Waals surface area (Å²) >= 11 is 0. The van der Waals surface area contributed by atoms with Gasteiger partial charge in [-0.15, -0.1) is 0 Å². The summed E-state index contributed by atoms with van der Waals surface area (Å²) in [6.45, 7) is 30.9. The molecule has 0 amide bonds. The molecular formula is C46H88O13. The lowest BCUT2D eigenvalue weighted by Gasteiger charge is -2.36. The van der Waals surface area contributed by atoms with Crippen molar-refractivity contribution in [3.63, 3.8) is 0 Å². The van der Waals surface area contributed by atoms with Gasteiger partial charge in [-0.1, -0.05) is 57.4 Å². The highest BCUT2D eigenvalue weighted by molar-refractivity contribution is 5.80. The molecule has 5 unspecified atom stereocenters. The van der Waals surface area contributed by atoms with Crippen molar-refractivity contribution in [2.45, 2.75) is 220 Å². The number of methoxy groups -OCH3 is 1. The van der Waals surface area contributed by atoms with Crippen LogP contribution in [0.15, 0.2) is 0 Å². The standard InChI is InChI=1S/C13H22O5.C13H22O4.C9H16O2.C7H12O2.4CH4/c1-6-12(2,3)11(15)17-9-7-10(14)18-13(9,4)8-16-5;1-7-11(2,3)10(15)17-13(6)8-9(14)16-12(13,4)5;1-5-9(4)6-8(2,3)11-7(9)10;1-3-7(2)4-5-9-6(7)8;;;;/h9H,6-8H2,1-5H3;7-8H2,1-6H3;5-6H2,1-4H3;3-5H2,1-2H3;4*1H4. The number of rotatable bonds is 10. The second-order valence-electron chi connectivity index (χ2n) is 18.6. The molecule has 0 aromatic rings. The topological polar surface area (TPSA) is 167 Å². The number of carbonyl (C=O) groups excluding carboxylic acids is 6. The van der Waals surface area contributed by atoms with E-state index in [2.05, 4.69) is 0 Å². The molecule has 350 valence electrons. The lowest BCUT2D eigenvalue weighted by molar-refractivity contribution is -0.184. The van der Waals surface area contributed by atoms with E-state index < -0.39 is 33.7 Å². The van der Waals surface area contributed by atoms with Crippen LogP contribution in [-0.4, -0.2) is 84.6 Å². The molecule has 59 heavy (non-hydrogen) atoms. The van der Waals surface area contributed by atoms with Gasteiger partial charge in [0, 0.05) is 13.5 Å². The molecule has 4 heterocycles. The highest BCUT2D eigenvalue weighted by Gasteiger charge is 2.56. The molecule has 13 heteroatoms. The van der Waals surface area contributed by atoms with E-state index in [1.165, 1.54) is 7.11 Å². The van der Waals surface area contributed by atoms with Crippen molar-refractivity contribution >= 4 is 35.8 Å². The number of cyclic esters (lactones) is 4. The van der Waals surface area contributed by atoms with Crippen LogP contribution in [0.4, 0.5) is 0 Å². The predicted octanol–water partition coefficient (Wildman–Crippen LogP) is 10.2. The van der Waals surface area contributed by atoms with Crippen LogP contribution >= 0.6 is 0 Å². The average Bonchev–Trinajstić information content (AvgIpc) is 3.69. The molecule has 0 aromatic heterocycles. The van der Waals surface area contributed by atoms with Crippen molar-refractivity contribution in [1.29, 1.82) is 0 Å². The fraction of sp³-hybridized carbons (Fsp3) is 0.870. The number of hydrogen-bond acceptors (Lipinski definition) is 13. The van der Waals surface area contributed by atoms with Crippen LogP contribution in [0.1, 0.15) is 192 Å². The van der Waals surface area contributed by atoms with Gasteiger partial charge in [-0.25, -0.2) is 0 Å². The maximum atomic E-state index is 12.1. The zero-order valence-electron chi connectivity index (χ0n) is 37.0. The van der Waals surface area contributed by atoms with E-state index >= 15 is 0 Å². The SMILES string of the molecule is C.C.C.C.CCC(C)(C)C(=O)OC1(C)CC(=O)OC1(C)C.CCC(C)(C)C(=O)OC1CC(=O)OC1(C)COC.CCC1(C)CC(C)(C)OC1=O.CCC1(C)CCOC1=O. The minimum absolute atomic E-state index is 0. The van der Waals surface area contributed by atoms with Gasteiger partial charge in [-0.05, 0) is 115 Å². The largest absolute Gasteiger partial charge is 0.465 e. The van der Waals surface area contributed by atoms with Crippen molar-refractivity contribution in [3.8, 4) is 0 Å². The molecule has 0 aliphatic carbocycles. The predicted molar refractivity (Wildman–Crippen MR) is 232 cm³/mol. The highest BCUT2D eigenvalue weighted by Crippen LogP contribution is 2.43. The van der Waals surface area contributed by atoms with Crippen molar-refractivity contribution in [2.75, 3.05) is 20.3 Å². The number of hydrogen-bond donors (Lipinski definition) is 0. The van der Waals surface area contributed by atoms with Gasteiger partial charge in [-0.2, -0.15) is 0 Å². The normalized spacial score (nSPS) is 28.5. The van der Waals surface area contributed by atoms with E-state index in [4.69, 9.17) is 33.2 Å². The van der Waals surface area contributed by atoms with Crippen LogP contribution in [0.5, 0.6) is 0 Å². The van der Waals surface area contributed by atoms with Crippen molar-refractivity contribution < 1.29 is 61.9 Å². The van der Waals surface area contributed by atoms with Gasteiger partial charge in [0.1, 0.15) is 11.2 Å². The summed E-state index contributed by atoms with van der Waals surface area (Å²) in [6, 6.07) is 0. The van der Waals surface area contributed by atoms with Crippen LogP contribution in [0, 0.1) is 21.7 Å². The molecule has 0 bridgehead atoms. The molecule has 0 saturated carbocycles. The Balaban J connectivity index is -0.000000345. The molecule has 0 spiro atoms. The molecule has 0 radical (unpaired) electrons. The number of esters is 6. The molecule has 13 nitrogen and oxygen atoms in total. The molecule has 0 aromatic carbocycles. The molecule has 4 fully saturated rings. The van der Waals surface area contributed by atoms with Crippen molar-refractivity contribution in [2.24, 2.45) is 21.7 Å². The summed E-state index contributed by atoms with van der Waals surface area (Å²) in [4.78, 5) is 69.0. The summed E-state index contributed by atoms with van der Waals surface area (Å²) in [5.41, 5.74) is -4.28. The van der Waals surface area contributed by atoms with E-state index in [9.17, 15) is 28.8 Å². The van der Waals surface area contributed by atoms with Gasteiger partial charge in [0.25, 0.3) is 0 Å². The maximum Gasteiger partial charge on any atom is 0.312 e. The van der Waals surface area contributed by atoms with Crippen LogP contribution in [-0.2, 0) is 61.9 Å². The molecule has 4 rings (SSSR count). The summed E-state index contributed by atoms with van der Waals surface area (Å²) in [7, 11) is 1.52. The summed E-state index contributed by atoms with van der Waals surface area (Å²) in [5.74, 6) is -1.33. The minimum Gasteiger partial charge on any atom is -0.465 e. The van der Waals surface area contributed by atoms with Gasteiger partial charge in [-0.3, -0.25) is 28.8 Å². The monoisotopic (exact) mass is 849 g/mol. The second-order valence-corrected chi connectivity index (χ2v) is 18.6. The van der Waals surface area contributed by atoms with Gasteiger partial charge in [0.15, 0.2) is 17.3 Å². The molecular weight excluding hydrogens is 760 g/mol. The van der Waals surface area contributed by atoms with Gasteiger partial charge >= 0.3 is 35.8 Å². The Bertz CT molecular complexity index is 1400. The Kier molecular flexibility index (Phi) is 24.5. The Morgan fingerprint density at radius 2 is 1.19 bits per heavy atom. The molecule has 0 N–H and O–H groups in total. The molecule has 4 saturated heterocycles. The van der Waals surface area contributed by atoms with Crippen LogP contribution in [0.2, 0.25) is 0 Å². The Labute approximate surface area is 359 Å². The summed E-state index contributed by atoms with van der Waals surface area (Å²) < 4.78 is 36.5. The summed E-state index contributed by atoms with van der Waals surface area (Å²) in [5, 5.41) is 0. The first-order valence-corrected chi connectivity index (χ1v) is 19.7. The minimum atomic E-state index is -0.884. The van der Waals surface area contributed by atoms with E-state index in [-0.39, 0.29) is 101 Å². The van der Waals surface area contributed by atoms with E-state index in [1.54, 1.807) is 27.7 Å². The van der Waals surface area contributed by atoms with E-state index in [1.807, 2.05) is 83.1 Å². The third-order valence-corrected chi connectivity index (χ3v) is 12.0. The second kappa shape index (κ2) is 23.1. The Hall–Kier alpha value is -3.22.